The first kappa shape index (κ1) is 15.7. The van der Waals surface area contributed by atoms with Crippen LogP contribution in [-0.4, -0.2) is 20.9 Å². The van der Waals surface area contributed by atoms with Gasteiger partial charge in [0.2, 0.25) is 5.91 Å². The summed E-state index contributed by atoms with van der Waals surface area (Å²) in [7, 11) is 0. The van der Waals surface area contributed by atoms with Crippen molar-refractivity contribution in [2.45, 2.75) is 19.9 Å². The van der Waals surface area contributed by atoms with Crippen LogP contribution in [0.2, 0.25) is 0 Å². The molecule has 122 valence electrons. The number of aromatic amines is 1. The second-order valence-corrected chi connectivity index (χ2v) is 5.23. The lowest BCUT2D eigenvalue weighted by Gasteiger charge is -2.07. The summed E-state index contributed by atoms with van der Waals surface area (Å²) < 4.78 is 5.14. The molecule has 1 amide bonds. The third-order valence-electron chi connectivity index (χ3n) is 3.51. The summed E-state index contributed by atoms with van der Waals surface area (Å²) in [4.78, 5) is 35.5. The molecular weight excluding hydrogens is 308 g/mol. The topological polar surface area (TPSA) is 101 Å². The SMILES string of the molecule is Cc1nc(-c2ccccn2)[nH]c(=O)c1CC(=O)NCc1ccco1. The zero-order valence-corrected chi connectivity index (χ0v) is 13.1. The summed E-state index contributed by atoms with van der Waals surface area (Å²) in [6, 6.07) is 8.87. The Hall–Kier alpha value is -3.22. The minimum Gasteiger partial charge on any atom is -0.467 e. The standard InChI is InChI=1S/C17H16N4O3/c1-11-13(9-15(22)19-10-12-5-4-8-24-12)17(23)21-16(20-11)14-6-2-3-7-18-14/h2-8H,9-10H2,1H3,(H,19,22)(H,20,21,23). The highest BCUT2D eigenvalue weighted by molar-refractivity contribution is 5.78. The van der Waals surface area contributed by atoms with Crippen molar-refractivity contribution in [2.24, 2.45) is 0 Å². The van der Waals surface area contributed by atoms with Crippen LogP contribution in [0.4, 0.5) is 0 Å². The number of hydrogen-bond acceptors (Lipinski definition) is 5. The Balaban J connectivity index is 1.74. The van der Waals surface area contributed by atoms with Crippen LogP contribution in [0.15, 0.2) is 52.0 Å². The number of amides is 1. The van der Waals surface area contributed by atoms with Crippen LogP contribution >= 0.6 is 0 Å². The first-order valence-electron chi connectivity index (χ1n) is 7.44. The van der Waals surface area contributed by atoms with Crippen LogP contribution in [0, 0.1) is 6.92 Å². The summed E-state index contributed by atoms with van der Waals surface area (Å²) in [6.45, 7) is 1.99. The fourth-order valence-corrected chi connectivity index (χ4v) is 2.26. The number of hydrogen-bond donors (Lipinski definition) is 2. The fraction of sp³-hybridized carbons (Fsp3) is 0.176. The molecule has 0 spiro atoms. The van der Waals surface area contributed by atoms with E-state index in [1.54, 1.807) is 37.4 Å². The summed E-state index contributed by atoms with van der Waals surface area (Å²) in [5.41, 5.74) is 1.09. The Morgan fingerprint density at radius 2 is 2.17 bits per heavy atom. The zero-order chi connectivity index (χ0) is 16.9. The maximum absolute atomic E-state index is 12.3. The van der Waals surface area contributed by atoms with E-state index in [0.717, 1.165) is 0 Å². The van der Waals surface area contributed by atoms with Gasteiger partial charge >= 0.3 is 0 Å². The molecule has 24 heavy (non-hydrogen) atoms. The molecule has 0 fully saturated rings. The molecule has 0 saturated heterocycles. The molecule has 0 unspecified atom stereocenters. The van der Waals surface area contributed by atoms with E-state index >= 15 is 0 Å². The molecule has 3 heterocycles. The summed E-state index contributed by atoms with van der Waals surface area (Å²) >= 11 is 0. The number of carbonyl (C=O) groups excluding carboxylic acids is 1. The highest BCUT2D eigenvalue weighted by Gasteiger charge is 2.14. The van der Waals surface area contributed by atoms with Crippen LogP contribution < -0.4 is 10.9 Å². The summed E-state index contributed by atoms with van der Waals surface area (Å²) in [5.74, 6) is 0.767. The van der Waals surface area contributed by atoms with Crippen molar-refractivity contribution in [1.82, 2.24) is 20.3 Å². The minimum atomic E-state index is -0.337. The molecule has 3 aromatic heterocycles. The molecule has 3 rings (SSSR count). The molecule has 0 bridgehead atoms. The molecule has 0 aliphatic carbocycles. The smallest absolute Gasteiger partial charge is 0.255 e. The first-order valence-corrected chi connectivity index (χ1v) is 7.44. The molecule has 3 aromatic rings. The van der Waals surface area contributed by atoms with Gasteiger partial charge in [0.1, 0.15) is 11.5 Å². The lowest BCUT2D eigenvalue weighted by molar-refractivity contribution is -0.120. The summed E-state index contributed by atoms with van der Waals surface area (Å²) in [6.07, 6.45) is 3.12. The van der Waals surface area contributed by atoms with Gasteiger partial charge in [-0.25, -0.2) is 4.98 Å². The molecule has 0 atom stereocenters. The number of carbonyl (C=O) groups is 1. The predicted molar refractivity (Wildman–Crippen MR) is 87.1 cm³/mol. The van der Waals surface area contributed by atoms with Gasteiger partial charge in [0, 0.05) is 17.5 Å². The maximum Gasteiger partial charge on any atom is 0.255 e. The molecule has 0 saturated carbocycles. The number of nitrogens with zero attached hydrogens (tertiary/aromatic N) is 2. The van der Waals surface area contributed by atoms with Crippen LogP contribution in [-0.2, 0) is 17.8 Å². The average Bonchev–Trinajstić information content (AvgIpc) is 3.10. The number of H-pyrrole nitrogens is 1. The van der Waals surface area contributed by atoms with Crippen molar-refractivity contribution < 1.29 is 9.21 Å². The molecule has 2 N–H and O–H groups in total. The van der Waals surface area contributed by atoms with Gasteiger partial charge in [-0.1, -0.05) is 6.07 Å². The van der Waals surface area contributed by atoms with Crippen LogP contribution in [0.1, 0.15) is 17.0 Å². The molecule has 7 heteroatoms. The lowest BCUT2D eigenvalue weighted by atomic mass is 10.1. The minimum absolute atomic E-state index is 0.0443. The molecular formula is C17H16N4O3. The monoisotopic (exact) mass is 324 g/mol. The Kier molecular flexibility index (Phi) is 4.51. The molecule has 0 aliphatic rings. The van der Waals surface area contributed by atoms with Gasteiger partial charge in [0.15, 0.2) is 5.82 Å². The molecule has 0 radical (unpaired) electrons. The van der Waals surface area contributed by atoms with Crippen molar-refractivity contribution in [1.29, 1.82) is 0 Å². The van der Waals surface area contributed by atoms with E-state index < -0.39 is 0 Å². The van der Waals surface area contributed by atoms with Gasteiger partial charge < -0.3 is 14.7 Å². The average molecular weight is 324 g/mol. The second kappa shape index (κ2) is 6.91. The van der Waals surface area contributed by atoms with E-state index in [1.807, 2.05) is 6.07 Å². The van der Waals surface area contributed by atoms with Crippen LogP contribution in [0.3, 0.4) is 0 Å². The van der Waals surface area contributed by atoms with Gasteiger partial charge in [-0.2, -0.15) is 0 Å². The highest BCUT2D eigenvalue weighted by atomic mass is 16.3. The van der Waals surface area contributed by atoms with Crippen molar-refractivity contribution in [2.75, 3.05) is 0 Å². The Bertz CT molecular complexity index is 886. The zero-order valence-electron chi connectivity index (χ0n) is 13.1. The first-order chi connectivity index (χ1) is 11.6. The Morgan fingerprint density at radius 1 is 1.29 bits per heavy atom. The predicted octanol–water partition coefficient (Wildman–Crippen LogP) is 1.59. The Labute approximate surface area is 137 Å². The van der Waals surface area contributed by atoms with Crippen molar-refractivity contribution in [3.05, 3.63) is 70.2 Å². The van der Waals surface area contributed by atoms with Gasteiger partial charge in [-0.15, -0.1) is 0 Å². The van der Waals surface area contributed by atoms with Crippen LogP contribution in [0.5, 0.6) is 0 Å². The van der Waals surface area contributed by atoms with Crippen molar-refractivity contribution in [3.8, 4) is 11.5 Å². The lowest BCUT2D eigenvalue weighted by Crippen LogP contribution is -2.28. The molecule has 0 aliphatic heterocycles. The van der Waals surface area contributed by atoms with E-state index in [0.29, 0.717) is 28.5 Å². The number of furan rings is 1. The normalized spacial score (nSPS) is 10.5. The third-order valence-corrected chi connectivity index (χ3v) is 3.51. The number of aromatic nitrogens is 3. The quantitative estimate of drug-likeness (QED) is 0.742. The largest absolute Gasteiger partial charge is 0.467 e. The van der Waals surface area contributed by atoms with Gasteiger partial charge in [-0.05, 0) is 31.2 Å². The molecule has 7 nitrogen and oxygen atoms in total. The van der Waals surface area contributed by atoms with E-state index in [9.17, 15) is 9.59 Å². The number of rotatable bonds is 5. The number of aryl methyl sites for hydroxylation is 1. The molecule has 0 aromatic carbocycles. The third kappa shape index (κ3) is 3.57. The van der Waals surface area contributed by atoms with Gasteiger partial charge in [-0.3, -0.25) is 14.6 Å². The number of nitrogens with one attached hydrogen (secondary N) is 2. The second-order valence-electron chi connectivity index (χ2n) is 5.23. The van der Waals surface area contributed by atoms with Crippen molar-refractivity contribution in [3.63, 3.8) is 0 Å². The van der Waals surface area contributed by atoms with E-state index in [-0.39, 0.29) is 24.4 Å². The summed E-state index contributed by atoms with van der Waals surface area (Å²) in [5, 5.41) is 2.71. The van der Waals surface area contributed by atoms with E-state index in [4.69, 9.17) is 4.42 Å². The Morgan fingerprint density at radius 3 is 2.83 bits per heavy atom. The van der Waals surface area contributed by atoms with E-state index in [1.165, 1.54) is 6.26 Å². The number of pyridine rings is 1. The van der Waals surface area contributed by atoms with Gasteiger partial charge in [0.25, 0.3) is 5.56 Å². The van der Waals surface area contributed by atoms with E-state index in [2.05, 4.69) is 20.3 Å². The highest BCUT2D eigenvalue weighted by Crippen LogP contribution is 2.11. The van der Waals surface area contributed by atoms with Crippen molar-refractivity contribution >= 4 is 5.91 Å². The van der Waals surface area contributed by atoms with Crippen LogP contribution in [0.25, 0.3) is 11.5 Å². The van der Waals surface area contributed by atoms with Gasteiger partial charge in [0.05, 0.1) is 19.2 Å². The maximum atomic E-state index is 12.3. The fourth-order valence-electron chi connectivity index (χ4n) is 2.26.